The van der Waals surface area contributed by atoms with Gasteiger partial charge in [-0.15, -0.1) is 0 Å². The highest BCUT2D eigenvalue weighted by Gasteiger charge is 2.20. The van der Waals surface area contributed by atoms with Gasteiger partial charge in [0, 0.05) is 44.9 Å². The Morgan fingerprint density at radius 3 is 2.37 bits per heavy atom. The fraction of sp³-hybridized carbons (Fsp3) is 0.846. The molecule has 19 heavy (non-hydrogen) atoms. The van der Waals surface area contributed by atoms with Crippen LogP contribution in [0.5, 0.6) is 0 Å². The molecule has 1 saturated heterocycles. The summed E-state index contributed by atoms with van der Waals surface area (Å²) in [5.74, 6) is 1.14. The molecule has 0 aromatic heterocycles. The van der Waals surface area contributed by atoms with E-state index in [4.69, 9.17) is 0 Å². The summed E-state index contributed by atoms with van der Waals surface area (Å²) in [6.45, 7) is 10.9. The summed E-state index contributed by atoms with van der Waals surface area (Å²) >= 11 is 1.83. The average Bonchev–Trinajstić information content (AvgIpc) is 2.43. The predicted molar refractivity (Wildman–Crippen MR) is 82.8 cm³/mol. The first-order valence-corrected chi connectivity index (χ1v) is 8.18. The lowest BCUT2D eigenvalue weighted by Gasteiger charge is -2.36. The quantitative estimate of drug-likeness (QED) is 0.615. The van der Waals surface area contributed by atoms with Crippen molar-refractivity contribution in [2.24, 2.45) is 4.99 Å². The summed E-state index contributed by atoms with van der Waals surface area (Å²) < 4.78 is 0. The van der Waals surface area contributed by atoms with Gasteiger partial charge in [-0.3, -0.25) is 9.79 Å². The van der Waals surface area contributed by atoms with Crippen LogP contribution in [0.4, 0.5) is 0 Å². The molecular formula is C13H26N4OS. The molecule has 1 heterocycles. The molecular weight excluding hydrogens is 260 g/mol. The molecule has 110 valence electrons. The standard InChI is InChI=1S/C13H26N4OS/c1-5-14-13(15-10-11(2)19-4)17-8-6-16(7-9-17)12(3)18/h11H,5-10H2,1-4H3,(H,14,15). The maximum atomic E-state index is 11.3. The second-order valence-electron chi connectivity index (χ2n) is 4.73. The van der Waals surface area contributed by atoms with E-state index in [1.54, 1.807) is 6.92 Å². The molecule has 6 heteroatoms. The number of hydrogen-bond donors (Lipinski definition) is 1. The topological polar surface area (TPSA) is 47.9 Å². The number of rotatable bonds is 4. The number of guanidine groups is 1. The number of amides is 1. The summed E-state index contributed by atoms with van der Waals surface area (Å²) in [7, 11) is 0. The molecule has 0 bridgehead atoms. The minimum atomic E-state index is 0.164. The van der Waals surface area contributed by atoms with E-state index in [0.29, 0.717) is 5.25 Å². The van der Waals surface area contributed by atoms with E-state index >= 15 is 0 Å². The number of nitrogens with zero attached hydrogens (tertiary/aromatic N) is 3. The van der Waals surface area contributed by atoms with E-state index < -0.39 is 0 Å². The number of carbonyl (C=O) groups is 1. The van der Waals surface area contributed by atoms with Crippen molar-refractivity contribution in [3.8, 4) is 0 Å². The van der Waals surface area contributed by atoms with Gasteiger partial charge < -0.3 is 15.1 Å². The van der Waals surface area contributed by atoms with Gasteiger partial charge in [0.1, 0.15) is 0 Å². The highest BCUT2D eigenvalue weighted by Crippen LogP contribution is 2.07. The number of piperazine rings is 1. The molecule has 1 rings (SSSR count). The van der Waals surface area contributed by atoms with Crippen LogP contribution in [0.15, 0.2) is 4.99 Å². The minimum Gasteiger partial charge on any atom is -0.357 e. The molecule has 0 aliphatic carbocycles. The molecule has 0 aromatic rings. The van der Waals surface area contributed by atoms with Crippen LogP contribution in [0.3, 0.4) is 0 Å². The van der Waals surface area contributed by atoms with Crippen molar-refractivity contribution < 1.29 is 4.79 Å². The van der Waals surface area contributed by atoms with Crippen molar-refractivity contribution >= 4 is 23.6 Å². The fourth-order valence-electron chi connectivity index (χ4n) is 1.95. The van der Waals surface area contributed by atoms with E-state index in [1.165, 1.54) is 0 Å². The third-order valence-electron chi connectivity index (χ3n) is 3.26. The van der Waals surface area contributed by atoms with Gasteiger partial charge in [0.05, 0.1) is 6.54 Å². The fourth-order valence-corrected chi connectivity index (χ4v) is 2.17. The molecule has 1 fully saturated rings. The van der Waals surface area contributed by atoms with Crippen LogP contribution < -0.4 is 5.32 Å². The van der Waals surface area contributed by atoms with Crippen molar-refractivity contribution in [3.63, 3.8) is 0 Å². The molecule has 0 radical (unpaired) electrons. The van der Waals surface area contributed by atoms with E-state index in [-0.39, 0.29) is 5.91 Å². The summed E-state index contributed by atoms with van der Waals surface area (Å²) in [6, 6.07) is 0. The predicted octanol–water partition coefficient (Wildman–Crippen LogP) is 0.868. The molecule has 1 aliphatic heterocycles. The Hall–Kier alpha value is -0.910. The van der Waals surface area contributed by atoms with Gasteiger partial charge in [0.15, 0.2) is 5.96 Å². The van der Waals surface area contributed by atoms with Gasteiger partial charge in [0.25, 0.3) is 0 Å². The van der Waals surface area contributed by atoms with Gasteiger partial charge >= 0.3 is 0 Å². The summed E-state index contributed by atoms with van der Waals surface area (Å²) in [4.78, 5) is 20.1. The second kappa shape index (κ2) is 8.30. The molecule has 0 saturated carbocycles. The van der Waals surface area contributed by atoms with Crippen molar-refractivity contribution in [3.05, 3.63) is 0 Å². The largest absolute Gasteiger partial charge is 0.357 e. The number of aliphatic imine (C=N–C) groups is 1. The average molecular weight is 286 g/mol. The lowest BCUT2D eigenvalue weighted by atomic mass is 10.3. The first kappa shape index (κ1) is 16.1. The zero-order valence-corrected chi connectivity index (χ0v) is 13.3. The Labute approximate surface area is 120 Å². The third kappa shape index (κ3) is 5.30. The molecule has 1 atom stereocenters. The monoisotopic (exact) mass is 286 g/mol. The van der Waals surface area contributed by atoms with Gasteiger partial charge in [0.2, 0.25) is 5.91 Å². The smallest absolute Gasteiger partial charge is 0.219 e. The van der Waals surface area contributed by atoms with Gasteiger partial charge in [-0.2, -0.15) is 11.8 Å². The maximum absolute atomic E-state index is 11.3. The molecule has 1 amide bonds. The summed E-state index contributed by atoms with van der Waals surface area (Å²) in [5, 5.41) is 3.87. The first-order valence-electron chi connectivity index (χ1n) is 6.90. The number of hydrogen-bond acceptors (Lipinski definition) is 3. The van der Waals surface area contributed by atoms with Gasteiger partial charge in [-0.05, 0) is 13.2 Å². The van der Waals surface area contributed by atoms with Crippen LogP contribution in [-0.2, 0) is 4.79 Å². The second-order valence-corrected chi connectivity index (χ2v) is 6.01. The summed E-state index contributed by atoms with van der Waals surface area (Å²) in [6.07, 6.45) is 2.11. The number of nitrogens with one attached hydrogen (secondary N) is 1. The molecule has 0 spiro atoms. The van der Waals surface area contributed by atoms with Crippen LogP contribution in [0, 0.1) is 0 Å². The highest BCUT2D eigenvalue weighted by atomic mass is 32.2. The zero-order valence-electron chi connectivity index (χ0n) is 12.5. The molecule has 1 aliphatic rings. The summed E-state index contributed by atoms with van der Waals surface area (Å²) in [5.41, 5.74) is 0. The Balaban J connectivity index is 2.55. The molecule has 0 aromatic carbocycles. The molecule has 1 N–H and O–H groups in total. The highest BCUT2D eigenvalue weighted by molar-refractivity contribution is 7.99. The van der Waals surface area contributed by atoms with Crippen molar-refractivity contribution in [2.45, 2.75) is 26.0 Å². The number of thioether (sulfide) groups is 1. The molecule has 1 unspecified atom stereocenters. The maximum Gasteiger partial charge on any atom is 0.219 e. The Morgan fingerprint density at radius 1 is 1.32 bits per heavy atom. The van der Waals surface area contributed by atoms with Gasteiger partial charge in [-0.1, -0.05) is 6.92 Å². The van der Waals surface area contributed by atoms with Crippen LogP contribution >= 0.6 is 11.8 Å². The molecule has 5 nitrogen and oxygen atoms in total. The van der Waals surface area contributed by atoms with E-state index in [2.05, 4.69) is 35.3 Å². The third-order valence-corrected chi connectivity index (χ3v) is 4.21. The first-order chi connectivity index (χ1) is 9.08. The lowest BCUT2D eigenvalue weighted by molar-refractivity contribution is -0.130. The minimum absolute atomic E-state index is 0.164. The Bertz CT molecular complexity index is 314. The van der Waals surface area contributed by atoms with Crippen LogP contribution in [0.2, 0.25) is 0 Å². The Morgan fingerprint density at radius 2 is 1.89 bits per heavy atom. The lowest BCUT2D eigenvalue weighted by Crippen LogP contribution is -2.53. The van der Waals surface area contributed by atoms with E-state index in [9.17, 15) is 4.79 Å². The number of carbonyl (C=O) groups excluding carboxylic acids is 1. The normalized spacial score (nSPS) is 18.4. The van der Waals surface area contributed by atoms with Crippen LogP contribution in [-0.4, -0.2) is 72.4 Å². The van der Waals surface area contributed by atoms with Crippen LogP contribution in [0.1, 0.15) is 20.8 Å². The van der Waals surface area contributed by atoms with Gasteiger partial charge in [-0.25, -0.2) is 0 Å². The zero-order chi connectivity index (χ0) is 14.3. The van der Waals surface area contributed by atoms with E-state index in [0.717, 1.165) is 45.2 Å². The van der Waals surface area contributed by atoms with Crippen molar-refractivity contribution in [1.29, 1.82) is 0 Å². The van der Waals surface area contributed by atoms with Crippen molar-refractivity contribution in [1.82, 2.24) is 15.1 Å². The Kier molecular flexibility index (Phi) is 7.05. The van der Waals surface area contributed by atoms with Crippen LogP contribution in [0.25, 0.3) is 0 Å². The van der Waals surface area contributed by atoms with Crippen molar-refractivity contribution in [2.75, 3.05) is 45.5 Å². The van der Waals surface area contributed by atoms with E-state index in [1.807, 2.05) is 16.7 Å². The SMILES string of the molecule is CCNC(=NCC(C)SC)N1CCN(C(C)=O)CC1.